The first kappa shape index (κ1) is 15.4. The molecule has 1 aliphatic carbocycles. The summed E-state index contributed by atoms with van der Waals surface area (Å²) < 4.78 is 4.19. The van der Waals surface area contributed by atoms with Crippen molar-refractivity contribution in [3.63, 3.8) is 0 Å². The molecule has 1 saturated heterocycles. The van der Waals surface area contributed by atoms with Gasteiger partial charge >= 0.3 is 0 Å². The number of imidazole rings is 1. The Bertz CT molecular complexity index is 729. The number of aromatic nitrogens is 3. The molecule has 0 aromatic carbocycles. The lowest BCUT2D eigenvalue weighted by atomic mass is 9.94. The summed E-state index contributed by atoms with van der Waals surface area (Å²) in [7, 11) is 4.08. The number of likely N-dealkylation sites (tertiary alicyclic amines) is 1. The maximum absolute atomic E-state index is 12.6. The molecule has 24 heavy (non-hydrogen) atoms. The number of amides is 1. The molecule has 1 N–H and O–H groups in total. The average molecular weight is 327 g/mol. The van der Waals surface area contributed by atoms with Crippen LogP contribution in [-0.4, -0.2) is 37.0 Å². The Hall–Kier alpha value is -2.08. The fraction of sp³-hybridized carbons (Fsp3) is 0.556. The molecule has 2 aromatic rings. The van der Waals surface area contributed by atoms with E-state index in [1.165, 1.54) is 5.69 Å². The van der Waals surface area contributed by atoms with Gasteiger partial charge in [0.05, 0.1) is 0 Å². The zero-order chi connectivity index (χ0) is 16.7. The number of nitrogens with one attached hydrogen (secondary N) is 1. The van der Waals surface area contributed by atoms with Gasteiger partial charge in [0.25, 0.3) is 0 Å². The maximum atomic E-state index is 12.6. The van der Waals surface area contributed by atoms with E-state index in [9.17, 15) is 4.79 Å². The molecule has 1 amide bonds. The summed E-state index contributed by atoms with van der Waals surface area (Å²) in [6.07, 6.45) is 9.59. The summed E-state index contributed by atoms with van der Waals surface area (Å²) in [5.74, 6) is 1.27. The zero-order valence-corrected chi connectivity index (χ0v) is 14.4. The molecule has 128 valence electrons. The van der Waals surface area contributed by atoms with Crippen LogP contribution in [0.2, 0.25) is 0 Å². The Morgan fingerprint density at radius 1 is 1.21 bits per heavy atom. The molecule has 0 unspecified atom stereocenters. The quantitative estimate of drug-likeness (QED) is 0.910. The summed E-state index contributed by atoms with van der Waals surface area (Å²) in [5.41, 5.74) is 1.25. The Kier molecular flexibility index (Phi) is 3.92. The Morgan fingerprint density at radius 2 is 2.04 bits per heavy atom. The molecule has 2 aliphatic rings. The normalized spacial score (nSPS) is 24.6. The van der Waals surface area contributed by atoms with Gasteiger partial charge in [-0.15, -0.1) is 0 Å². The van der Waals surface area contributed by atoms with Crippen molar-refractivity contribution in [3.05, 3.63) is 42.2 Å². The second-order valence-electron chi connectivity index (χ2n) is 7.01. The van der Waals surface area contributed by atoms with E-state index in [0.29, 0.717) is 12.5 Å². The van der Waals surface area contributed by atoms with Crippen molar-refractivity contribution in [3.8, 4) is 0 Å². The second kappa shape index (κ2) is 6.09. The first-order chi connectivity index (χ1) is 11.6. The van der Waals surface area contributed by atoms with Gasteiger partial charge in [-0.1, -0.05) is 0 Å². The first-order valence-electron chi connectivity index (χ1n) is 8.77. The minimum Gasteiger partial charge on any atom is -0.353 e. The smallest absolute Gasteiger partial charge is 0.223 e. The van der Waals surface area contributed by atoms with Crippen LogP contribution in [0.3, 0.4) is 0 Å². The van der Waals surface area contributed by atoms with Gasteiger partial charge in [0.15, 0.2) is 0 Å². The number of nitrogens with zero attached hydrogens (tertiary/aromatic N) is 4. The van der Waals surface area contributed by atoms with Gasteiger partial charge in [-0.2, -0.15) is 0 Å². The monoisotopic (exact) mass is 327 g/mol. The largest absolute Gasteiger partial charge is 0.353 e. The fourth-order valence-corrected chi connectivity index (χ4v) is 3.79. The minimum atomic E-state index is 0.0269. The number of carbonyl (C=O) groups is 1. The molecule has 0 bridgehead atoms. The molecular formula is C18H25N5O. The maximum Gasteiger partial charge on any atom is 0.223 e. The molecule has 0 spiro atoms. The highest BCUT2D eigenvalue weighted by Gasteiger charge is 2.45. The van der Waals surface area contributed by atoms with E-state index >= 15 is 0 Å². The van der Waals surface area contributed by atoms with Gasteiger partial charge in [-0.3, -0.25) is 4.79 Å². The van der Waals surface area contributed by atoms with E-state index in [-0.39, 0.29) is 18.0 Å². The molecular weight excluding hydrogens is 302 g/mol. The van der Waals surface area contributed by atoms with Gasteiger partial charge < -0.3 is 19.4 Å². The van der Waals surface area contributed by atoms with Crippen LogP contribution in [0.5, 0.6) is 0 Å². The summed E-state index contributed by atoms with van der Waals surface area (Å²) >= 11 is 0. The minimum absolute atomic E-state index is 0.0269. The van der Waals surface area contributed by atoms with E-state index < -0.39 is 0 Å². The molecule has 1 aliphatic heterocycles. The molecule has 1 saturated carbocycles. The van der Waals surface area contributed by atoms with E-state index in [1.807, 2.05) is 19.4 Å². The number of rotatable bonds is 5. The highest BCUT2D eigenvalue weighted by atomic mass is 16.2. The third kappa shape index (κ3) is 2.75. The number of hydrogen-bond donors (Lipinski definition) is 1. The number of aryl methyl sites for hydroxylation is 2. The average Bonchev–Trinajstić information content (AvgIpc) is 3.19. The molecule has 6 nitrogen and oxygen atoms in total. The lowest BCUT2D eigenvalue weighted by Gasteiger charge is -2.41. The third-order valence-corrected chi connectivity index (χ3v) is 5.30. The molecule has 4 rings (SSSR count). The van der Waals surface area contributed by atoms with E-state index in [4.69, 9.17) is 0 Å². The first-order valence-corrected chi connectivity index (χ1v) is 8.77. The van der Waals surface area contributed by atoms with Gasteiger partial charge in [0.1, 0.15) is 11.9 Å². The predicted molar refractivity (Wildman–Crippen MR) is 91.1 cm³/mol. The lowest BCUT2D eigenvalue weighted by molar-refractivity contribution is -0.139. The number of hydrogen-bond acceptors (Lipinski definition) is 3. The Morgan fingerprint density at radius 3 is 2.67 bits per heavy atom. The zero-order valence-electron chi connectivity index (χ0n) is 14.4. The fourth-order valence-electron chi connectivity index (χ4n) is 3.79. The lowest BCUT2D eigenvalue weighted by Crippen LogP contribution is -2.52. The molecule has 3 heterocycles. The van der Waals surface area contributed by atoms with E-state index in [2.05, 4.69) is 49.7 Å². The van der Waals surface area contributed by atoms with Crippen LogP contribution in [0.4, 0.5) is 0 Å². The van der Waals surface area contributed by atoms with Gasteiger partial charge in [-0.25, -0.2) is 4.98 Å². The van der Waals surface area contributed by atoms with Gasteiger partial charge in [0.2, 0.25) is 5.91 Å². The summed E-state index contributed by atoms with van der Waals surface area (Å²) in [6.45, 7) is 0.807. The predicted octanol–water partition coefficient (Wildman–Crippen LogP) is 1.74. The molecule has 2 atom stereocenters. The molecule has 6 heteroatoms. The van der Waals surface area contributed by atoms with Crippen LogP contribution in [0.1, 0.15) is 43.2 Å². The van der Waals surface area contributed by atoms with Crippen LogP contribution >= 0.6 is 0 Å². The summed E-state index contributed by atoms with van der Waals surface area (Å²) in [5, 5.41) is 3.70. The SMILES string of the molecule is Cn1cccc1CN[C@@H]1CCC(=O)N(C2CC2)[C@H]1c1nccn1C. The van der Waals surface area contributed by atoms with Crippen LogP contribution < -0.4 is 5.32 Å². The molecule has 2 fully saturated rings. The van der Waals surface area contributed by atoms with Gasteiger partial charge in [0, 0.05) is 63.4 Å². The van der Waals surface area contributed by atoms with Crippen LogP contribution in [0.15, 0.2) is 30.7 Å². The topological polar surface area (TPSA) is 55.1 Å². The highest BCUT2D eigenvalue weighted by molar-refractivity contribution is 5.78. The van der Waals surface area contributed by atoms with Crippen molar-refractivity contribution in [1.29, 1.82) is 0 Å². The van der Waals surface area contributed by atoms with Crippen molar-refractivity contribution in [2.24, 2.45) is 14.1 Å². The molecule has 2 aromatic heterocycles. The van der Waals surface area contributed by atoms with Crippen LogP contribution in [0.25, 0.3) is 0 Å². The standard InChI is InChI=1S/C18H25N5O/c1-21-10-3-4-14(21)12-20-15-7-8-16(24)23(13-5-6-13)17(15)18-19-9-11-22(18)2/h3-4,9-11,13,15,17,20H,5-8,12H2,1-2H3/t15-,17-/m1/s1. The van der Waals surface area contributed by atoms with Crippen molar-refractivity contribution >= 4 is 5.91 Å². The van der Waals surface area contributed by atoms with Crippen LogP contribution in [0, 0.1) is 0 Å². The number of piperidine rings is 1. The Balaban J connectivity index is 1.60. The summed E-state index contributed by atoms with van der Waals surface area (Å²) in [6, 6.07) is 4.86. The Labute approximate surface area is 142 Å². The second-order valence-corrected chi connectivity index (χ2v) is 7.01. The number of carbonyl (C=O) groups excluding carboxylic acids is 1. The van der Waals surface area contributed by atoms with Crippen molar-refractivity contribution in [2.75, 3.05) is 0 Å². The van der Waals surface area contributed by atoms with Crippen molar-refractivity contribution < 1.29 is 4.79 Å². The molecule has 0 radical (unpaired) electrons. The van der Waals surface area contributed by atoms with Gasteiger partial charge in [-0.05, 0) is 31.4 Å². The van der Waals surface area contributed by atoms with Crippen molar-refractivity contribution in [2.45, 2.75) is 50.4 Å². The third-order valence-electron chi connectivity index (χ3n) is 5.30. The van der Waals surface area contributed by atoms with Crippen LogP contribution in [-0.2, 0) is 25.4 Å². The highest BCUT2D eigenvalue weighted by Crippen LogP contribution is 2.40. The van der Waals surface area contributed by atoms with E-state index in [1.54, 1.807) is 0 Å². The summed E-state index contributed by atoms with van der Waals surface area (Å²) in [4.78, 5) is 19.3. The van der Waals surface area contributed by atoms with Crippen molar-refractivity contribution in [1.82, 2.24) is 24.3 Å². The van der Waals surface area contributed by atoms with E-state index in [0.717, 1.165) is 31.6 Å².